The molecule has 6 amide bonds. The van der Waals surface area contributed by atoms with Crippen LogP contribution in [0.3, 0.4) is 0 Å². The Morgan fingerprint density at radius 3 is 1.71 bits per heavy atom. The van der Waals surface area contributed by atoms with Gasteiger partial charge in [0.15, 0.2) is 0 Å². The Hall–Kier alpha value is -7.24. The van der Waals surface area contributed by atoms with Crippen molar-refractivity contribution in [2.45, 2.75) is 77.8 Å². The molecule has 4 atom stereocenters. The quantitative estimate of drug-likeness (QED) is 0.108. The standard InChI is InChI=1S/C48H55FN10O7/c1-27(2)40(54-46(62)65-5)44(60)58-20-8-11-38(58)42-50-21-36(52-42)31-16-12-29(13-17-31)30-14-18-32(19-15-30)37-22-51-43(53-37)39-25-57(26-59(39)45(61)41(28(3)4)55-47(63)66-6)48(64)56-23-33-9-7-10-35(49)34(33)24-56/h7,9-10,12-19,21-22,27-28,38-41H,8,11,20,23-26H2,1-6H3,(H,50,52)(H,51,53)(H,54,62)(H,55,63)/t38-,39?,40-,41-/m0/s1. The molecule has 0 radical (unpaired) electrons. The minimum atomic E-state index is -0.935. The Morgan fingerprint density at radius 2 is 1.20 bits per heavy atom. The Morgan fingerprint density at radius 1 is 0.682 bits per heavy atom. The molecule has 5 aromatic rings. The number of imidazole rings is 2. The molecule has 3 aliphatic heterocycles. The summed E-state index contributed by atoms with van der Waals surface area (Å²) in [5.41, 5.74) is 6.52. The lowest BCUT2D eigenvalue weighted by atomic mass is 10.0. The number of benzene rings is 3. The van der Waals surface area contributed by atoms with Crippen molar-refractivity contribution in [3.8, 4) is 33.6 Å². The van der Waals surface area contributed by atoms with Gasteiger partial charge in [0.1, 0.15) is 35.6 Å². The van der Waals surface area contributed by atoms with Crippen LogP contribution in [0, 0.1) is 17.7 Å². The molecular weight excluding hydrogens is 848 g/mol. The average molecular weight is 903 g/mol. The third kappa shape index (κ3) is 9.17. The van der Waals surface area contributed by atoms with E-state index in [1.165, 1.54) is 20.3 Å². The normalized spacial score (nSPS) is 17.8. The predicted octanol–water partition coefficient (Wildman–Crippen LogP) is 6.98. The summed E-state index contributed by atoms with van der Waals surface area (Å²) >= 11 is 0. The zero-order valence-corrected chi connectivity index (χ0v) is 37.8. The first-order chi connectivity index (χ1) is 31.7. The second-order valence-electron chi connectivity index (χ2n) is 17.6. The molecular formula is C48H55FN10O7. The van der Waals surface area contributed by atoms with E-state index in [4.69, 9.17) is 14.5 Å². The summed E-state index contributed by atoms with van der Waals surface area (Å²) in [5, 5.41) is 5.34. The summed E-state index contributed by atoms with van der Waals surface area (Å²) in [6.07, 6.45) is 3.66. The number of halogens is 1. The molecule has 0 saturated carbocycles. The van der Waals surface area contributed by atoms with Crippen molar-refractivity contribution in [3.63, 3.8) is 0 Å². The van der Waals surface area contributed by atoms with E-state index in [1.54, 1.807) is 44.1 Å². The number of nitrogens with zero attached hydrogens (tertiary/aromatic N) is 6. The number of methoxy groups -OCH3 is 2. The molecule has 3 aliphatic rings. The first-order valence-corrected chi connectivity index (χ1v) is 22.2. The Labute approximate surface area is 382 Å². The van der Waals surface area contributed by atoms with Gasteiger partial charge in [0.05, 0.1) is 63.8 Å². The van der Waals surface area contributed by atoms with Crippen LogP contribution in [0.1, 0.15) is 75.4 Å². The smallest absolute Gasteiger partial charge is 0.407 e. The summed E-state index contributed by atoms with van der Waals surface area (Å²) in [7, 11) is 2.51. The van der Waals surface area contributed by atoms with E-state index in [-0.39, 0.29) is 61.9 Å². The van der Waals surface area contributed by atoms with Crippen LogP contribution in [-0.4, -0.2) is 116 Å². The molecule has 18 heteroatoms. The van der Waals surface area contributed by atoms with Crippen molar-refractivity contribution in [3.05, 3.63) is 108 Å². The molecule has 8 rings (SSSR count). The zero-order valence-electron chi connectivity index (χ0n) is 37.8. The first kappa shape index (κ1) is 45.3. The number of carbonyl (C=O) groups excluding carboxylic acids is 5. The zero-order chi connectivity index (χ0) is 46.8. The molecule has 66 heavy (non-hydrogen) atoms. The minimum absolute atomic E-state index is 0.0641. The molecule has 17 nitrogen and oxygen atoms in total. The molecule has 0 aliphatic carbocycles. The summed E-state index contributed by atoms with van der Waals surface area (Å²) in [6, 6.07) is 18.0. The molecule has 2 fully saturated rings. The molecule has 3 aromatic carbocycles. The predicted molar refractivity (Wildman–Crippen MR) is 241 cm³/mol. The molecule has 2 aromatic heterocycles. The van der Waals surface area contributed by atoms with E-state index < -0.39 is 36.2 Å². The Balaban J connectivity index is 0.960. The highest BCUT2D eigenvalue weighted by Crippen LogP contribution is 2.35. The van der Waals surface area contributed by atoms with E-state index in [2.05, 4.69) is 25.6 Å². The highest BCUT2D eigenvalue weighted by Gasteiger charge is 2.44. The summed E-state index contributed by atoms with van der Waals surface area (Å²) in [4.78, 5) is 88.7. The van der Waals surface area contributed by atoms with Gasteiger partial charge in [-0.15, -0.1) is 0 Å². The number of ether oxygens (including phenoxy) is 2. The van der Waals surface area contributed by atoms with Crippen molar-refractivity contribution in [1.82, 2.24) is 50.2 Å². The Kier molecular flexibility index (Phi) is 13.1. The fourth-order valence-corrected chi connectivity index (χ4v) is 9.02. The number of nitrogens with one attached hydrogen (secondary N) is 4. The van der Waals surface area contributed by atoms with Gasteiger partial charge in [0.25, 0.3) is 0 Å². The van der Waals surface area contributed by atoms with Gasteiger partial charge in [-0.2, -0.15) is 0 Å². The maximum absolute atomic E-state index is 14.6. The van der Waals surface area contributed by atoms with E-state index in [1.807, 2.05) is 76.2 Å². The van der Waals surface area contributed by atoms with Crippen LogP contribution in [0.4, 0.5) is 18.8 Å². The van der Waals surface area contributed by atoms with Crippen LogP contribution in [0.25, 0.3) is 33.6 Å². The number of carbonyl (C=O) groups is 5. The lowest BCUT2D eigenvalue weighted by Crippen LogP contribution is -2.52. The van der Waals surface area contributed by atoms with Crippen molar-refractivity contribution < 1.29 is 37.8 Å². The van der Waals surface area contributed by atoms with Crippen molar-refractivity contribution in [1.29, 1.82) is 0 Å². The number of urea groups is 1. The highest BCUT2D eigenvalue weighted by molar-refractivity contribution is 5.88. The van der Waals surface area contributed by atoms with Crippen molar-refractivity contribution in [2.24, 2.45) is 11.8 Å². The van der Waals surface area contributed by atoms with Crippen LogP contribution in [-0.2, 0) is 32.2 Å². The monoisotopic (exact) mass is 902 g/mol. The van der Waals surface area contributed by atoms with Crippen LogP contribution in [0.5, 0.6) is 0 Å². The van der Waals surface area contributed by atoms with Gasteiger partial charge >= 0.3 is 18.2 Å². The topological polar surface area (TPSA) is 198 Å². The number of rotatable bonds is 11. The first-order valence-electron chi connectivity index (χ1n) is 22.2. The second-order valence-corrected chi connectivity index (χ2v) is 17.6. The van der Waals surface area contributed by atoms with Crippen LogP contribution < -0.4 is 10.6 Å². The fraction of sp³-hybridized carbons (Fsp3) is 0.396. The average Bonchev–Trinajstić information content (AvgIpc) is 4.18. The largest absolute Gasteiger partial charge is 0.453 e. The van der Waals surface area contributed by atoms with E-state index in [0.717, 1.165) is 46.4 Å². The van der Waals surface area contributed by atoms with E-state index >= 15 is 0 Å². The number of aromatic nitrogens is 4. The molecule has 0 spiro atoms. The van der Waals surface area contributed by atoms with Crippen LogP contribution in [0.2, 0.25) is 0 Å². The number of alkyl carbamates (subject to hydrolysis) is 2. The molecule has 0 bridgehead atoms. The third-order valence-corrected chi connectivity index (χ3v) is 12.7. The van der Waals surface area contributed by atoms with Gasteiger partial charge in [0, 0.05) is 18.7 Å². The number of hydrogen-bond acceptors (Lipinski definition) is 9. The maximum Gasteiger partial charge on any atom is 0.407 e. The number of fused-ring (bicyclic) bond motifs is 1. The van der Waals surface area contributed by atoms with Gasteiger partial charge in [-0.1, -0.05) is 88.4 Å². The number of hydrogen-bond donors (Lipinski definition) is 4. The molecule has 1 unspecified atom stereocenters. The lowest BCUT2D eigenvalue weighted by Gasteiger charge is -2.30. The van der Waals surface area contributed by atoms with Crippen LogP contribution in [0.15, 0.2) is 79.1 Å². The Bertz CT molecular complexity index is 2590. The second kappa shape index (κ2) is 19.1. The van der Waals surface area contributed by atoms with Gasteiger partial charge in [-0.05, 0) is 58.6 Å². The SMILES string of the molecule is COC(=O)N[C@H](C(=O)N1CN(C(=O)N2Cc3cccc(F)c3C2)CC1c1ncc(-c2ccc(-c3ccc(-c4cnc([C@@H]5CCCN5C(=O)[C@@H](NC(=O)OC)C(C)C)[nH]4)cc3)cc2)[nH]1)C(C)C. The fourth-order valence-electron chi connectivity index (χ4n) is 9.02. The number of aromatic amines is 2. The number of H-pyrrole nitrogens is 2. The number of likely N-dealkylation sites (tertiary alicyclic amines) is 1. The van der Waals surface area contributed by atoms with E-state index in [0.29, 0.717) is 29.5 Å². The van der Waals surface area contributed by atoms with Gasteiger partial charge in [-0.25, -0.2) is 28.7 Å². The van der Waals surface area contributed by atoms with Crippen LogP contribution >= 0.6 is 0 Å². The molecule has 346 valence electrons. The van der Waals surface area contributed by atoms with Gasteiger partial charge in [-0.3, -0.25) is 9.59 Å². The molecule has 5 heterocycles. The molecule has 2 saturated heterocycles. The minimum Gasteiger partial charge on any atom is -0.453 e. The summed E-state index contributed by atoms with van der Waals surface area (Å²) < 4.78 is 24.2. The third-order valence-electron chi connectivity index (χ3n) is 12.7. The summed E-state index contributed by atoms with van der Waals surface area (Å²) in [6.45, 7) is 8.40. The van der Waals surface area contributed by atoms with Crippen molar-refractivity contribution >= 4 is 30.0 Å². The van der Waals surface area contributed by atoms with E-state index in [9.17, 15) is 28.4 Å². The highest BCUT2D eigenvalue weighted by atomic mass is 19.1. The van der Waals surface area contributed by atoms with Gasteiger partial charge in [0.2, 0.25) is 11.8 Å². The maximum atomic E-state index is 14.6. The van der Waals surface area contributed by atoms with Crippen molar-refractivity contribution in [2.75, 3.05) is 34.0 Å². The molecule has 4 N–H and O–H groups in total. The lowest BCUT2D eigenvalue weighted by molar-refractivity contribution is -0.136. The summed E-state index contributed by atoms with van der Waals surface area (Å²) in [5.74, 6) is -0.192. The number of amides is 6. The van der Waals surface area contributed by atoms with Gasteiger partial charge < -0.3 is 49.7 Å².